The molecule has 1 rings (SSSR count). The zero-order chi connectivity index (χ0) is 15.2. The number of carboxylic acid groups (broad SMARTS) is 1. The summed E-state index contributed by atoms with van der Waals surface area (Å²) in [6.45, 7) is 0. The van der Waals surface area contributed by atoms with E-state index in [0.717, 1.165) is 6.07 Å². The number of nitro groups is 1. The Kier molecular flexibility index (Phi) is 5.63. The predicted octanol–water partition coefficient (Wildman–Crippen LogP) is 2.01. The first kappa shape index (κ1) is 16.1. The third kappa shape index (κ3) is 4.61. The molecule has 1 N–H and O–H groups in total. The molecule has 0 aromatic heterocycles. The Morgan fingerprint density at radius 1 is 1.20 bits per heavy atom. The van der Waals surface area contributed by atoms with E-state index in [-0.39, 0.29) is 23.5 Å². The lowest BCUT2D eigenvalue weighted by Crippen LogP contribution is -2.09. The summed E-state index contributed by atoms with van der Waals surface area (Å²) >= 11 is 0. The van der Waals surface area contributed by atoms with Gasteiger partial charge < -0.3 is 5.11 Å². The maximum Gasteiger partial charge on any atom is 0.303 e. The number of sulfone groups is 1. The molecule has 0 saturated heterocycles. The average molecular weight is 301 g/mol. The van der Waals surface area contributed by atoms with Crippen LogP contribution in [0.1, 0.15) is 25.7 Å². The summed E-state index contributed by atoms with van der Waals surface area (Å²) in [5, 5.41) is 19.3. The van der Waals surface area contributed by atoms with Gasteiger partial charge in [0, 0.05) is 12.5 Å². The molecular weight excluding hydrogens is 286 g/mol. The maximum absolute atomic E-state index is 12.0. The summed E-state index contributed by atoms with van der Waals surface area (Å²) < 4.78 is 24.1. The Balaban J connectivity index is 2.70. The smallest absolute Gasteiger partial charge is 0.303 e. The number of hydrogen-bond donors (Lipinski definition) is 1. The van der Waals surface area contributed by atoms with Gasteiger partial charge in [0.15, 0.2) is 9.84 Å². The van der Waals surface area contributed by atoms with E-state index in [1.165, 1.54) is 18.2 Å². The minimum atomic E-state index is -3.73. The largest absolute Gasteiger partial charge is 0.481 e. The second-order valence-electron chi connectivity index (χ2n) is 4.25. The molecular formula is C12H15NO6S. The lowest BCUT2D eigenvalue weighted by molar-refractivity contribution is -0.387. The Bertz CT molecular complexity index is 596. The number of carbonyl (C=O) groups is 1. The summed E-state index contributed by atoms with van der Waals surface area (Å²) in [4.78, 5) is 20.1. The summed E-state index contributed by atoms with van der Waals surface area (Å²) in [5.74, 6) is -1.15. The third-order valence-corrected chi connectivity index (χ3v) is 4.54. The van der Waals surface area contributed by atoms with Crippen LogP contribution >= 0.6 is 0 Å². The van der Waals surface area contributed by atoms with E-state index in [1.807, 2.05) is 0 Å². The van der Waals surface area contributed by atoms with E-state index in [9.17, 15) is 23.3 Å². The highest BCUT2D eigenvalue weighted by Crippen LogP contribution is 2.24. The minimum absolute atomic E-state index is 0.00840. The van der Waals surface area contributed by atoms with Crippen LogP contribution in [0.4, 0.5) is 5.69 Å². The van der Waals surface area contributed by atoms with E-state index in [1.54, 1.807) is 0 Å². The summed E-state index contributed by atoms with van der Waals surface area (Å²) in [6, 6.07) is 5.20. The molecule has 0 heterocycles. The molecule has 0 aliphatic rings. The van der Waals surface area contributed by atoms with Gasteiger partial charge in [0.2, 0.25) is 0 Å². The van der Waals surface area contributed by atoms with Gasteiger partial charge in [-0.1, -0.05) is 18.6 Å². The Hall–Kier alpha value is -1.96. The molecule has 7 nitrogen and oxygen atoms in total. The predicted molar refractivity (Wildman–Crippen MR) is 71.3 cm³/mol. The van der Waals surface area contributed by atoms with Crippen molar-refractivity contribution in [2.45, 2.75) is 30.6 Å². The van der Waals surface area contributed by atoms with Gasteiger partial charge in [0.05, 0.1) is 10.7 Å². The molecule has 0 fully saturated rings. The monoisotopic (exact) mass is 301 g/mol. The van der Waals surface area contributed by atoms with Crippen LogP contribution in [0.3, 0.4) is 0 Å². The van der Waals surface area contributed by atoms with Crippen molar-refractivity contribution in [2.24, 2.45) is 0 Å². The molecule has 0 saturated carbocycles. The first-order valence-corrected chi connectivity index (χ1v) is 7.68. The fourth-order valence-electron chi connectivity index (χ4n) is 1.73. The van der Waals surface area contributed by atoms with E-state index >= 15 is 0 Å². The molecule has 1 aromatic rings. The first-order chi connectivity index (χ1) is 9.34. The molecule has 20 heavy (non-hydrogen) atoms. The number of nitro benzene ring substituents is 1. The van der Waals surface area contributed by atoms with E-state index in [2.05, 4.69) is 0 Å². The topological polar surface area (TPSA) is 115 Å². The van der Waals surface area contributed by atoms with Crippen molar-refractivity contribution in [3.05, 3.63) is 34.4 Å². The van der Waals surface area contributed by atoms with E-state index in [4.69, 9.17) is 5.11 Å². The lowest BCUT2D eigenvalue weighted by Gasteiger charge is -2.05. The molecule has 0 aliphatic heterocycles. The highest BCUT2D eigenvalue weighted by molar-refractivity contribution is 7.91. The summed E-state index contributed by atoms with van der Waals surface area (Å²) in [5.41, 5.74) is -0.432. The molecule has 0 radical (unpaired) electrons. The molecule has 0 bridgehead atoms. The zero-order valence-electron chi connectivity index (χ0n) is 10.7. The SMILES string of the molecule is O=C(O)CCCCCS(=O)(=O)c1ccccc1[N+](=O)[O-]. The van der Waals surface area contributed by atoms with Gasteiger partial charge in [-0.25, -0.2) is 8.42 Å². The third-order valence-electron chi connectivity index (χ3n) is 2.70. The van der Waals surface area contributed by atoms with Gasteiger partial charge >= 0.3 is 5.97 Å². The first-order valence-electron chi connectivity index (χ1n) is 6.02. The fourth-order valence-corrected chi connectivity index (χ4v) is 3.28. The molecule has 0 spiro atoms. The molecule has 8 heteroatoms. The minimum Gasteiger partial charge on any atom is -0.481 e. The Labute approximate surface area is 116 Å². The second-order valence-corrected chi connectivity index (χ2v) is 6.33. The average Bonchev–Trinajstić information content (AvgIpc) is 2.37. The highest BCUT2D eigenvalue weighted by Gasteiger charge is 2.24. The van der Waals surface area contributed by atoms with Gasteiger partial charge in [-0.2, -0.15) is 0 Å². The number of unbranched alkanes of at least 4 members (excludes halogenated alkanes) is 2. The molecule has 0 aliphatic carbocycles. The van der Waals surface area contributed by atoms with Gasteiger partial charge in [0.25, 0.3) is 5.69 Å². The zero-order valence-corrected chi connectivity index (χ0v) is 11.5. The summed E-state index contributed by atoms with van der Waals surface area (Å²) in [6.07, 6.45) is 1.11. The number of nitrogens with zero attached hydrogens (tertiary/aromatic N) is 1. The van der Waals surface area contributed by atoms with Crippen molar-refractivity contribution in [2.75, 3.05) is 5.75 Å². The van der Waals surface area contributed by atoms with Crippen LogP contribution in [0.5, 0.6) is 0 Å². The van der Waals surface area contributed by atoms with Gasteiger partial charge in [-0.05, 0) is 18.9 Å². The maximum atomic E-state index is 12.0. The number of aliphatic carboxylic acids is 1. The van der Waals surface area contributed by atoms with Gasteiger partial charge in [-0.3, -0.25) is 14.9 Å². The van der Waals surface area contributed by atoms with Crippen LogP contribution in [0.15, 0.2) is 29.2 Å². The van der Waals surface area contributed by atoms with Crippen molar-refractivity contribution >= 4 is 21.5 Å². The number of carboxylic acids is 1. The lowest BCUT2D eigenvalue weighted by atomic mass is 10.2. The Morgan fingerprint density at radius 2 is 1.85 bits per heavy atom. The van der Waals surface area contributed by atoms with Crippen molar-refractivity contribution in [1.29, 1.82) is 0 Å². The van der Waals surface area contributed by atoms with E-state index < -0.39 is 26.4 Å². The summed E-state index contributed by atoms with van der Waals surface area (Å²) in [7, 11) is -3.73. The van der Waals surface area contributed by atoms with Crippen molar-refractivity contribution in [1.82, 2.24) is 0 Å². The number of rotatable bonds is 8. The van der Waals surface area contributed by atoms with Crippen LogP contribution in [-0.2, 0) is 14.6 Å². The second kappa shape index (κ2) is 6.99. The number of benzene rings is 1. The van der Waals surface area contributed by atoms with Crippen LogP contribution in [-0.4, -0.2) is 30.2 Å². The fraction of sp³-hybridized carbons (Fsp3) is 0.417. The quantitative estimate of drug-likeness (QED) is 0.446. The molecule has 1 aromatic carbocycles. The molecule has 0 atom stereocenters. The van der Waals surface area contributed by atoms with Gasteiger partial charge in [0.1, 0.15) is 4.90 Å². The van der Waals surface area contributed by atoms with Crippen molar-refractivity contribution in [3.8, 4) is 0 Å². The van der Waals surface area contributed by atoms with Crippen molar-refractivity contribution in [3.63, 3.8) is 0 Å². The molecule has 0 unspecified atom stereocenters. The highest BCUT2D eigenvalue weighted by atomic mass is 32.2. The number of hydrogen-bond acceptors (Lipinski definition) is 5. The Morgan fingerprint density at radius 3 is 2.45 bits per heavy atom. The molecule has 110 valence electrons. The van der Waals surface area contributed by atoms with Crippen LogP contribution < -0.4 is 0 Å². The normalized spacial score (nSPS) is 11.2. The van der Waals surface area contributed by atoms with Crippen LogP contribution in [0, 0.1) is 10.1 Å². The standard InChI is InChI=1S/C12H15NO6S/c14-12(15)8-2-1-5-9-20(18,19)11-7-4-3-6-10(11)13(16)17/h3-4,6-7H,1-2,5,8-9H2,(H,14,15). The molecule has 0 amide bonds. The van der Waals surface area contributed by atoms with Crippen LogP contribution in [0.2, 0.25) is 0 Å². The van der Waals surface area contributed by atoms with Gasteiger partial charge in [-0.15, -0.1) is 0 Å². The van der Waals surface area contributed by atoms with E-state index in [0.29, 0.717) is 12.8 Å². The van der Waals surface area contributed by atoms with Crippen molar-refractivity contribution < 1.29 is 23.2 Å². The number of para-hydroxylation sites is 1. The van der Waals surface area contributed by atoms with Crippen LogP contribution in [0.25, 0.3) is 0 Å².